The molecule has 1 saturated heterocycles. The van der Waals surface area contributed by atoms with E-state index in [0.29, 0.717) is 42.5 Å². The first-order chi connectivity index (χ1) is 13.6. The van der Waals surface area contributed by atoms with Crippen LogP contribution in [0.3, 0.4) is 0 Å². The molecule has 1 aromatic heterocycles. The second-order valence-electron chi connectivity index (χ2n) is 6.60. The summed E-state index contributed by atoms with van der Waals surface area (Å²) in [6.45, 7) is 3.27. The lowest BCUT2D eigenvalue weighted by atomic mass is 10.2. The third-order valence-corrected chi connectivity index (χ3v) is 5.18. The van der Waals surface area contributed by atoms with Gasteiger partial charge in [0.1, 0.15) is 5.82 Å². The summed E-state index contributed by atoms with van der Waals surface area (Å²) < 4.78 is 19.5. The molecule has 0 aliphatic carbocycles. The maximum absolute atomic E-state index is 13.3. The maximum Gasteiger partial charge on any atom is 0.258 e. The summed E-state index contributed by atoms with van der Waals surface area (Å²) in [6.07, 6.45) is 0. The molecule has 3 aromatic rings. The van der Waals surface area contributed by atoms with Gasteiger partial charge in [-0.25, -0.2) is 4.39 Å². The highest BCUT2D eigenvalue weighted by atomic mass is 79.9. The van der Waals surface area contributed by atoms with E-state index in [0.717, 1.165) is 17.6 Å². The van der Waals surface area contributed by atoms with E-state index in [1.54, 1.807) is 12.1 Å². The molecule has 1 fully saturated rings. The minimum atomic E-state index is -0.344. The van der Waals surface area contributed by atoms with Crippen molar-refractivity contribution >= 4 is 21.8 Å². The van der Waals surface area contributed by atoms with Gasteiger partial charge in [-0.2, -0.15) is 4.98 Å². The minimum Gasteiger partial charge on any atom is -0.336 e. The fourth-order valence-corrected chi connectivity index (χ4v) is 3.41. The van der Waals surface area contributed by atoms with Gasteiger partial charge in [0.15, 0.2) is 5.82 Å². The first-order valence-corrected chi connectivity index (χ1v) is 9.73. The average Bonchev–Trinajstić information content (AvgIpc) is 3.17. The first-order valence-electron chi connectivity index (χ1n) is 8.94. The van der Waals surface area contributed by atoms with E-state index in [1.807, 2.05) is 29.2 Å². The van der Waals surface area contributed by atoms with Gasteiger partial charge in [-0.15, -0.1) is 0 Å². The van der Waals surface area contributed by atoms with Gasteiger partial charge in [-0.1, -0.05) is 27.2 Å². The molecule has 6 nitrogen and oxygen atoms in total. The average molecular weight is 445 g/mol. The van der Waals surface area contributed by atoms with E-state index < -0.39 is 0 Å². The molecule has 4 rings (SSSR count). The molecule has 28 heavy (non-hydrogen) atoms. The van der Waals surface area contributed by atoms with Crippen molar-refractivity contribution in [2.24, 2.45) is 0 Å². The summed E-state index contributed by atoms with van der Waals surface area (Å²) >= 11 is 3.38. The van der Waals surface area contributed by atoms with E-state index in [-0.39, 0.29) is 11.7 Å². The normalized spacial score (nSPS) is 15.0. The summed E-state index contributed by atoms with van der Waals surface area (Å²) in [6, 6.07) is 13.5. The largest absolute Gasteiger partial charge is 0.336 e. The Hall–Kier alpha value is -2.58. The highest BCUT2D eigenvalue weighted by molar-refractivity contribution is 9.10. The van der Waals surface area contributed by atoms with Crippen molar-refractivity contribution < 1.29 is 13.7 Å². The molecule has 0 saturated carbocycles. The van der Waals surface area contributed by atoms with E-state index in [2.05, 4.69) is 31.0 Å². The monoisotopic (exact) mass is 444 g/mol. The van der Waals surface area contributed by atoms with Gasteiger partial charge in [-0.05, 0) is 42.5 Å². The summed E-state index contributed by atoms with van der Waals surface area (Å²) in [5, 5.41) is 3.99. The molecule has 0 atom stereocenters. The van der Waals surface area contributed by atoms with E-state index >= 15 is 0 Å². The number of aromatic nitrogens is 2. The first kappa shape index (κ1) is 18.8. The number of benzene rings is 2. The number of hydrogen-bond donors (Lipinski definition) is 0. The standard InChI is InChI=1S/C20H18BrFN4O2/c21-16-6-4-14(5-7-16)20(27)26-10-8-25(9-11-26)13-18-23-19(28-24-18)15-2-1-3-17(22)12-15/h1-7,12H,8-11,13H2. The summed E-state index contributed by atoms with van der Waals surface area (Å²) in [5.41, 5.74) is 1.25. The predicted octanol–water partition coefficient (Wildman–Crippen LogP) is 3.60. The summed E-state index contributed by atoms with van der Waals surface area (Å²) in [7, 11) is 0. The third-order valence-electron chi connectivity index (χ3n) is 4.66. The summed E-state index contributed by atoms with van der Waals surface area (Å²) in [4.78, 5) is 21.0. The van der Waals surface area contributed by atoms with Crippen LogP contribution in [0.5, 0.6) is 0 Å². The van der Waals surface area contributed by atoms with Crippen LogP contribution in [0.2, 0.25) is 0 Å². The maximum atomic E-state index is 13.3. The Morgan fingerprint density at radius 2 is 1.86 bits per heavy atom. The molecule has 8 heteroatoms. The smallest absolute Gasteiger partial charge is 0.258 e. The van der Waals surface area contributed by atoms with Crippen molar-refractivity contribution in [1.82, 2.24) is 19.9 Å². The zero-order valence-corrected chi connectivity index (χ0v) is 16.6. The predicted molar refractivity (Wildman–Crippen MR) is 105 cm³/mol. The van der Waals surface area contributed by atoms with Crippen LogP contribution >= 0.6 is 15.9 Å². The number of carbonyl (C=O) groups is 1. The van der Waals surface area contributed by atoms with Crippen LogP contribution in [-0.2, 0) is 6.54 Å². The number of hydrogen-bond acceptors (Lipinski definition) is 5. The number of piperazine rings is 1. The topological polar surface area (TPSA) is 62.5 Å². The van der Waals surface area contributed by atoms with Crippen molar-refractivity contribution in [2.45, 2.75) is 6.54 Å². The van der Waals surface area contributed by atoms with Crippen LogP contribution < -0.4 is 0 Å². The quantitative estimate of drug-likeness (QED) is 0.615. The van der Waals surface area contributed by atoms with Gasteiger partial charge in [0.05, 0.1) is 6.54 Å². The number of amides is 1. The highest BCUT2D eigenvalue weighted by Crippen LogP contribution is 2.19. The fraction of sp³-hybridized carbons (Fsp3) is 0.250. The van der Waals surface area contributed by atoms with Crippen molar-refractivity contribution in [3.05, 3.63) is 70.2 Å². The lowest BCUT2D eigenvalue weighted by Crippen LogP contribution is -2.48. The molecule has 0 radical (unpaired) electrons. The van der Waals surface area contributed by atoms with Crippen LogP contribution in [0.15, 0.2) is 57.5 Å². The second kappa shape index (κ2) is 8.20. The Labute approximate surface area is 170 Å². The minimum absolute atomic E-state index is 0.0418. The van der Waals surface area contributed by atoms with Crippen LogP contribution in [0.1, 0.15) is 16.2 Å². The molecule has 0 spiro atoms. The van der Waals surface area contributed by atoms with Crippen molar-refractivity contribution in [3.63, 3.8) is 0 Å². The molecule has 0 N–H and O–H groups in total. The molecule has 2 heterocycles. The highest BCUT2D eigenvalue weighted by Gasteiger charge is 2.23. The van der Waals surface area contributed by atoms with Gasteiger partial charge in [0.2, 0.25) is 0 Å². The third kappa shape index (κ3) is 4.28. The summed E-state index contributed by atoms with van der Waals surface area (Å²) in [5.74, 6) is 0.550. The fourth-order valence-electron chi connectivity index (χ4n) is 3.14. The Balaban J connectivity index is 1.33. The van der Waals surface area contributed by atoms with Crippen molar-refractivity contribution in [2.75, 3.05) is 26.2 Å². The molecular weight excluding hydrogens is 427 g/mol. The van der Waals surface area contributed by atoms with E-state index in [4.69, 9.17) is 4.52 Å². The molecule has 1 aliphatic heterocycles. The molecule has 2 aromatic carbocycles. The Kier molecular flexibility index (Phi) is 5.50. The number of halogens is 2. The molecule has 0 bridgehead atoms. The number of carbonyl (C=O) groups excluding carboxylic acids is 1. The lowest BCUT2D eigenvalue weighted by molar-refractivity contribution is 0.0624. The van der Waals surface area contributed by atoms with Gasteiger partial charge in [-0.3, -0.25) is 9.69 Å². The molecule has 144 valence electrons. The zero-order chi connectivity index (χ0) is 19.5. The van der Waals surface area contributed by atoms with Crippen LogP contribution in [0.25, 0.3) is 11.5 Å². The SMILES string of the molecule is O=C(c1ccc(Br)cc1)N1CCN(Cc2noc(-c3cccc(F)c3)n2)CC1. The van der Waals surface area contributed by atoms with Gasteiger partial charge in [0.25, 0.3) is 11.8 Å². The second-order valence-corrected chi connectivity index (χ2v) is 7.52. The lowest BCUT2D eigenvalue weighted by Gasteiger charge is -2.34. The zero-order valence-electron chi connectivity index (χ0n) is 15.0. The number of nitrogens with zero attached hydrogens (tertiary/aromatic N) is 4. The molecule has 1 aliphatic rings. The van der Waals surface area contributed by atoms with Gasteiger partial charge in [0, 0.05) is 41.8 Å². The van der Waals surface area contributed by atoms with Crippen LogP contribution in [0.4, 0.5) is 4.39 Å². The molecule has 0 unspecified atom stereocenters. The Bertz CT molecular complexity index is 968. The van der Waals surface area contributed by atoms with Gasteiger partial charge < -0.3 is 9.42 Å². The molecular formula is C20H18BrFN4O2. The van der Waals surface area contributed by atoms with Crippen molar-refractivity contribution in [3.8, 4) is 11.5 Å². The molecule has 1 amide bonds. The van der Waals surface area contributed by atoms with Crippen LogP contribution in [-0.4, -0.2) is 52.0 Å². The number of rotatable bonds is 4. The van der Waals surface area contributed by atoms with Gasteiger partial charge >= 0.3 is 0 Å². The Morgan fingerprint density at radius 3 is 2.57 bits per heavy atom. The van der Waals surface area contributed by atoms with Crippen molar-refractivity contribution in [1.29, 1.82) is 0 Å². The van der Waals surface area contributed by atoms with E-state index in [9.17, 15) is 9.18 Å². The van der Waals surface area contributed by atoms with E-state index in [1.165, 1.54) is 12.1 Å². The Morgan fingerprint density at radius 1 is 1.11 bits per heavy atom. The van der Waals surface area contributed by atoms with Crippen LogP contribution in [0, 0.1) is 5.82 Å².